The van der Waals surface area contributed by atoms with Gasteiger partial charge in [-0.25, -0.2) is 0 Å². The van der Waals surface area contributed by atoms with Crippen molar-refractivity contribution in [1.82, 2.24) is 0 Å². The Labute approximate surface area is 67.8 Å². The van der Waals surface area contributed by atoms with Crippen LogP contribution in [0.5, 0.6) is 0 Å². The molecule has 0 spiro atoms. The van der Waals surface area contributed by atoms with E-state index in [9.17, 15) is 5.11 Å². The standard InChI is InChI=1S/C9H17NO/c10-9(4-5-9)7-2-1-3-8(11)6-7/h7-8,11H,1-6,10H2. The molecule has 0 radical (unpaired) electrons. The molecule has 0 aromatic heterocycles. The maximum atomic E-state index is 9.42. The molecule has 2 rings (SSSR count). The van der Waals surface area contributed by atoms with Gasteiger partial charge >= 0.3 is 0 Å². The van der Waals surface area contributed by atoms with Crippen LogP contribution in [0.15, 0.2) is 0 Å². The van der Waals surface area contributed by atoms with Gasteiger partial charge in [0.1, 0.15) is 0 Å². The van der Waals surface area contributed by atoms with Crippen molar-refractivity contribution in [2.45, 2.75) is 50.2 Å². The minimum absolute atomic E-state index is 0.0604. The lowest BCUT2D eigenvalue weighted by Crippen LogP contribution is -2.37. The van der Waals surface area contributed by atoms with E-state index in [0.717, 1.165) is 12.8 Å². The van der Waals surface area contributed by atoms with E-state index in [1.807, 2.05) is 0 Å². The first-order valence-corrected chi connectivity index (χ1v) is 4.68. The van der Waals surface area contributed by atoms with E-state index in [1.165, 1.54) is 25.7 Å². The third kappa shape index (κ3) is 1.42. The zero-order chi connectivity index (χ0) is 7.90. The molecule has 0 aliphatic heterocycles. The maximum absolute atomic E-state index is 9.42. The molecular formula is C9H17NO. The summed E-state index contributed by atoms with van der Waals surface area (Å²) in [6.07, 6.45) is 6.67. The topological polar surface area (TPSA) is 46.2 Å². The summed E-state index contributed by atoms with van der Waals surface area (Å²) in [4.78, 5) is 0. The van der Waals surface area contributed by atoms with Gasteiger partial charge in [0.05, 0.1) is 6.10 Å². The fourth-order valence-corrected chi connectivity index (χ4v) is 2.24. The van der Waals surface area contributed by atoms with Crippen LogP contribution in [0.1, 0.15) is 38.5 Å². The summed E-state index contributed by atoms with van der Waals surface area (Å²) in [5, 5.41) is 9.42. The third-order valence-corrected chi connectivity index (χ3v) is 3.29. The summed E-state index contributed by atoms with van der Waals surface area (Å²) in [7, 11) is 0. The number of nitrogens with two attached hydrogens (primary N) is 1. The van der Waals surface area contributed by atoms with Crippen molar-refractivity contribution in [3.63, 3.8) is 0 Å². The van der Waals surface area contributed by atoms with Gasteiger partial charge in [-0.2, -0.15) is 0 Å². The first kappa shape index (κ1) is 7.56. The van der Waals surface area contributed by atoms with E-state index < -0.39 is 0 Å². The molecule has 0 amide bonds. The van der Waals surface area contributed by atoms with Crippen LogP contribution in [0.3, 0.4) is 0 Å². The van der Waals surface area contributed by atoms with E-state index in [2.05, 4.69) is 0 Å². The van der Waals surface area contributed by atoms with E-state index in [-0.39, 0.29) is 11.6 Å². The monoisotopic (exact) mass is 155 g/mol. The van der Waals surface area contributed by atoms with Gasteiger partial charge in [-0.3, -0.25) is 0 Å². The Balaban J connectivity index is 1.93. The Bertz CT molecular complexity index is 154. The molecule has 2 aliphatic rings. The minimum atomic E-state index is -0.0604. The summed E-state index contributed by atoms with van der Waals surface area (Å²) >= 11 is 0. The highest BCUT2D eigenvalue weighted by atomic mass is 16.3. The normalized spacial score (nSPS) is 42.0. The number of rotatable bonds is 1. The van der Waals surface area contributed by atoms with Gasteiger partial charge in [0, 0.05) is 5.54 Å². The Hall–Kier alpha value is -0.0800. The molecular weight excluding hydrogens is 138 g/mol. The van der Waals surface area contributed by atoms with Crippen molar-refractivity contribution in [3.05, 3.63) is 0 Å². The molecule has 3 N–H and O–H groups in total. The van der Waals surface area contributed by atoms with Crippen LogP contribution in [0.25, 0.3) is 0 Å². The van der Waals surface area contributed by atoms with Crippen molar-refractivity contribution >= 4 is 0 Å². The zero-order valence-electron chi connectivity index (χ0n) is 6.92. The molecule has 0 bridgehead atoms. The fourth-order valence-electron chi connectivity index (χ4n) is 2.24. The fraction of sp³-hybridized carbons (Fsp3) is 1.00. The molecule has 0 aromatic rings. The molecule has 2 saturated carbocycles. The molecule has 0 heterocycles. The molecule has 2 unspecified atom stereocenters. The number of aliphatic hydroxyl groups is 1. The van der Waals surface area contributed by atoms with Crippen LogP contribution in [-0.2, 0) is 0 Å². The Morgan fingerprint density at radius 3 is 2.55 bits per heavy atom. The lowest BCUT2D eigenvalue weighted by atomic mass is 9.81. The minimum Gasteiger partial charge on any atom is -0.393 e. The molecule has 64 valence electrons. The highest BCUT2D eigenvalue weighted by molar-refractivity contribution is 5.05. The predicted octanol–water partition coefficient (Wildman–Crippen LogP) is 1.03. The summed E-state index contributed by atoms with van der Waals surface area (Å²) in [5.41, 5.74) is 6.21. The van der Waals surface area contributed by atoms with Crippen LogP contribution < -0.4 is 5.73 Å². The van der Waals surface area contributed by atoms with Crippen molar-refractivity contribution in [2.24, 2.45) is 11.7 Å². The first-order valence-electron chi connectivity index (χ1n) is 4.68. The van der Waals surface area contributed by atoms with Crippen LogP contribution in [0, 0.1) is 5.92 Å². The molecule has 2 nitrogen and oxygen atoms in total. The van der Waals surface area contributed by atoms with Crippen LogP contribution in [0.2, 0.25) is 0 Å². The molecule has 2 heteroatoms. The van der Waals surface area contributed by atoms with Gasteiger partial charge in [-0.15, -0.1) is 0 Å². The average molecular weight is 155 g/mol. The van der Waals surface area contributed by atoms with Crippen molar-refractivity contribution < 1.29 is 5.11 Å². The number of aliphatic hydroxyl groups excluding tert-OH is 1. The van der Waals surface area contributed by atoms with Crippen molar-refractivity contribution in [1.29, 1.82) is 0 Å². The van der Waals surface area contributed by atoms with Gasteiger partial charge in [0.2, 0.25) is 0 Å². The summed E-state index contributed by atoms with van der Waals surface area (Å²) in [6.45, 7) is 0. The van der Waals surface area contributed by atoms with Gasteiger partial charge in [-0.1, -0.05) is 6.42 Å². The Morgan fingerprint density at radius 1 is 1.27 bits per heavy atom. The molecule has 0 saturated heterocycles. The molecule has 2 fully saturated rings. The van der Waals surface area contributed by atoms with Crippen LogP contribution in [0.4, 0.5) is 0 Å². The van der Waals surface area contributed by atoms with E-state index in [0.29, 0.717) is 5.92 Å². The average Bonchev–Trinajstić information content (AvgIpc) is 2.70. The maximum Gasteiger partial charge on any atom is 0.0543 e. The molecule has 2 aliphatic carbocycles. The lowest BCUT2D eigenvalue weighted by Gasteiger charge is -2.30. The predicted molar refractivity (Wildman–Crippen MR) is 44.1 cm³/mol. The van der Waals surface area contributed by atoms with Crippen LogP contribution >= 0.6 is 0 Å². The van der Waals surface area contributed by atoms with E-state index in [4.69, 9.17) is 5.73 Å². The molecule has 11 heavy (non-hydrogen) atoms. The quantitative estimate of drug-likeness (QED) is 0.594. The Morgan fingerprint density at radius 2 is 2.00 bits per heavy atom. The van der Waals surface area contributed by atoms with Gasteiger partial charge in [0.15, 0.2) is 0 Å². The highest BCUT2D eigenvalue weighted by Crippen LogP contribution is 2.45. The second kappa shape index (κ2) is 2.46. The number of hydrogen-bond donors (Lipinski definition) is 2. The number of hydrogen-bond acceptors (Lipinski definition) is 2. The van der Waals surface area contributed by atoms with Gasteiger partial charge in [0.25, 0.3) is 0 Å². The van der Waals surface area contributed by atoms with E-state index in [1.54, 1.807) is 0 Å². The zero-order valence-corrected chi connectivity index (χ0v) is 6.92. The lowest BCUT2D eigenvalue weighted by molar-refractivity contribution is 0.0889. The van der Waals surface area contributed by atoms with Crippen molar-refractivity contribution in [3.8, 4) is 0 Å². The highest BCUT2D eigenvalue weighted by Gasteiger charge is 2.46. The third-order valence-electron chi connectivity index (χ3n) is 3.29. The second-order valence-electron chi connectivity index (χ2n) is 4.25. The Kier molecular flexibility index (Phi) is 1.69. The van der Waals surface area contributed by atoms with Gasteiger partial charge < -0.3 is 10.8 Å². The van der Waals surface area contributed by atoms with Gasteiger partial charge in [-0.05, 0) is 38.0 Å². The first-order chi connectivity index (χ1) is 5.21. The summed E-state index contributed by atoms with van der Waals surface area (Å²) < 4.78 is 0. The smallest absolute Gasteiger partial charge is 0.0543 e. The molecule has 0 aromatic carbocycles. The van der Waals surface area contributed by atoms with Crippen LogP contribution in [-0.4, -0.2) is 16.7 Å². The summed E-state index contributed by atoms with van der Waals surface area (Å²) in [6, 6.07) is 0. The molecule has 2 atom stereocenters. The second-order valence-corrected chi connectivity index (χ2v) is 4.25. The van der Waals surface area contributed by atoms with Crippen molar-refractivity contribution in [2.75, 3.05) is 0 Å². The SMILES string of the molecule is NC1(C2CCCC(O)C2)CC1. The largest absolute Gasteiger partial charge is 0.393 e. The summed E-state index contributed by atoms with van der Waals surface area (Å²) in [5.74, 6) is 0.617. The van der Waals surface area contributed by atoms with E-state index >= 15 is 0 Å².